The van der Waals surface area contributed by atoms with Crippen molar-refractivity contribution < 1.29 is 4.74 Å². The minimum Gasteiger partial charge on any atom is -0.496 e. The fourth-order valence-electron chi connectivity index (χ4n) is 2.62. The van der Waals surface area contributed by atoms with Crippen LogP contribution in [0.15, 0.2) is 42.5 Å². The molecule has 1 aliphatic heterocycles. The van der Waals surface area contributed by atoms with Crippen LogP contribution in [0.4, 0.5) is 0 Å². The lowest BCUT2D eigenvalue weighted by atomic mass is 9.95. The minimum atomic E-state index is 0.691. The van der Waals surface area contributed by atoms with E-state index in [9.17, 15) is 0 Å². The summed E-state index contributed by atoms with van der Waals surface area (Å²) in [6.07, 6.45) is 1.87. The number of hydrogen-bond donors (Lipinski definition) is 0. The molecular formula is C15H10O. The maximum atomic E-state index is 5.46. The van der Waals surface area contributed by atoms with Crippen molar-refractivity contribution in [3.05, 3.63) is 53.2 Å². The molecule has 16 heavy (non-hydrogen) atoms. The summed E-state index contributed by atoms with van der Waals surface area (Å²) >= 11 is 0. The Kier molecular flexibility index (Phi) is 1.41. The fourth-order valence-corrected chi connectivity index (χ4v) is 2.62. The Morgan fingerprint density at radius 1 is 0.812 bits per heavy atom. The number of hydrogen-bond acceptors (Lipinski definition) is 1. The van der Waals surface area contributed by atoms with Crippen molar-refractivity contribution in [1.29, 1.82) is 0 Å². The van der Waals surface area contributed by atoms with Gasteiger partial charge in [0.1, 0.15) is 6.61 Å². The quantitative estimate of drug-likeness (QED) is 0.549. The highest BCUT2D eigenvalue weighted by Gasteiger charge is 2.10. The molecule has 0 saturated heterocycles. The van der Waals surface area contributed by atoms with E-state index in [1.54, 1.807) is 0 Å². The maximum absolute atomic E-state index is 5.46. The van der Waals surface area contributed by atoms with Crippen molar-refractivity contribution in [2.75, 3.05) is 0 Å². The Morgan fingerprint density at radius 3 is 2.50 bits per heavy atom. The van der Waals surface area contributed by atoms with E-state index >= 15 is 0 Å². The van der Waals surface area contributed by atoms with Gasteiger partial charge in [-0.3, -0.25) is 0 Å². The van der Waals surface area contributed by atoms with Gasteiger partial charge in [-0.2, -0.15) is 0 Å². The van der Waals surface area contributed by atoms with E-state index in [-0.39, 0.29) is 0 Å². The average Bonchev–Trinajstić information content (AvgIpc) is 2.36. The highest BCUT2D eigenvalue weighted by atomic mass is 16.5. The van der Waals surface area contributed by atoms with Gasteiger partial charge in [0, 0.05) is 5.22 Å². The second-order valence-corrected chi connectivity index (χ2v) is 4.26. The summed E-state index contributed by atoms with van der Waals surface area (Å²) < 4.78 is 5.46. The van der Waals surface area contributed by atoms with Gasteiger partial charge in [-0.1, -0.05) is 42.5 Å². The van der Waals surface area contributed by atoms with Gasteiger partial charge in [0.2, 0.25) is 0 Å². The van der Waals surface area contributed by atoms with E-state index in [1.165, 1.54) is 32.3 Å². The highest BCUT2D eigenvalue weighted by molar-refractivity contribution is 6.11. The first-order chi connectivity index (χ1) is 7.93. The zero-order valence-corrected chi connectivity index (χ0v) is 8.73. The standard InChI is InChI=1S/C15H10O/c1-2-10-4-6-12-8-16-9-13-7-5-11(3-1)14(10)15(12)13/h1-8H,9H2. The molecule has 4 rings (SSSR count). The van der Waals surface area contributed by atoms with E-state index in [0.717, 1.165) is 0 Å². The zero-order chi connectivity index (χ0) is 10.5. The third-order valence-corrected chi connectivity index (χ3v) is 3.34. The molecule has 0 atom stereocenters. The summed E-state index contributed by atoms with van der Waals surface area (Å²) in [5.41, 5.74) is 1.29. The van der Waals surface area contributed by atoms with Crippen LogP contribution in [0, 0.1) is 0 Å². The predicted molar refractivity (Wildman–Crippen MR) is 65.9 cm³/mol. The van der Waals surface area contributed by atoms with Crippen LogP contribution in [0.2, 0.25) is 0 Å². The van der Waals surface area contributed by atoms with Gasteiger partial charge >= 0.3 is 0 Å². The monoisotopic (exact) mass is 206 g/mol. The van der Waals surface area contributed by atoms with Gasteiger partial charge < -0.3 is 4.74 Å². The molecule has 0 spiro atoms. The molecule has 0 aromatic heterocycles. The molecule has 1 heterocycles. The van der Waals surface area contributed by atoms with E-state index in [4.69, 9.17) is 4.74 Å². The van der Waals surface area contributed by atoms with Crippen LogP contribution in [0.5, 0.6) is 0 Å². The van der Waals surface area contributed by atoms with Crippen molar-refractivity contribution in [2.24, 2.45) is 0 Å². The van der Waals surface area contributed by atoms with Crippen LogP contribution in [0.1, 0.15) is 5.56 Å². The van der Waals surface area contributed by atoms with Gasteiger partial charge in [0.15, 0.2) is 0 Å². The zero-order valence-electron chi connectivity index (χ0n) is 8.73. The van der Waals surface area contributed by atoms with Crippen molar-refractivity contribution in [1.82, 2.24) is 0 Å². The van der Waals surface area contributed by atoms with Gasteiger partial charge in [0.25, 0.3) is 0 Å². The molecule has 0 aliphatic carbocycles. The topological polar surface area (TPSA) is 9.23 Å². The van der Waals surface area contributed by atoms with Crippen LogP contribution in [-0.4, -0.2) is 0 Å². The molecule has 0 amide bonds. The van der Waals surface area contributed by atoms with Crippen molar-refractivity contribution in [3.63, 3.8) is 0 Å². The van der Waals surface area contributed by atoms with Crippen LogP contribution in [0.3, 0.4) is 0 Å². The third kappa shape index (κ3) is 0.904. The molecule has 3 aromatic carbocycles. The van der Waals surface area contributed by atoms with Crippen molar-refractivity contribution in [2.45, 2.75) is 6.61 Å². The second-order valence-electron chi connectivity index (χ2n) is 4.26. The fraction of sp³-hybridized carbons (Fsp3) is 0.0667. The summed E-state index contributed by atoms with van der Waals surface area (Å²) in [6, 6.07) is 15.1. The molecule has 1 heteroatoms. The molecule has 0 fully saturated rings. The molecule has 0 bridgehead atoms. The van der Waals surface area contributed by atoms with Gasteiger partial charge in [-0.25, -0.2) is 0 Å². The lowest BCUT2D eigenvalue weighted by molar-refractivity contribution is 0.279. The average molecular weight is 206 g/mol. The second kappa shape index (κ2) is 2.76. The first kappa shape index (κ1) is 8.17. The molecule has 0 unspecified atom stereocenters. The lowest BCUT2D eigenvalue weighted by Gasteiger charge is -2.14. The summed E-state index contributed by atoms with van der Waals surface area (Å²) in [5.74, 6) is 0. The Bertz CT molecular complexity index is 740. The molecule has 76 valence electrons. The number of ether oxygens (including phenoxy) is 1. The van der Waals surface area contributed by atoms with Crippen molar-refractivity contribution in [3.8, 4) is 0 Å². The number of benzene rings is 3. The molecule has 3 aromatic rings. The SMILES string of the molecule is C1=c2ccc3cccc4ccc(c2c43)CO1. The molecule has 1 nitrogen and oxygen atoms in total. The van der Waals surface area contributed by atoms with E-state index in [1.807, 2.05) is 6.26 Å². The summed E-state index contributed by atoms with van der Waals surface area (Å²) in [5, 5.41) is 6.56. The highest BCUT2D eigenvalue weighted by Crippen LogP contribution is 2.28. The first-order valence-electron chi connectivity index (χ1n) is 5.48. The van der Waals surface area contributed by atoms with Crippen LogP contribution >= 0.6 is 0 Å². The third-order valence-electron chi connectivity index (χ3n) is 3.34. The molecule has 1 aliphatic rings. The molecule has 0 saturated carbocycles. The van der Waals surface area contributed by atoms with Gasteiger partial charge in [0.05, 0.1) is 6.26 Å². The van der Waals surface area contributed by atoms with Gasteiger partial charge in [-0.15, -0.1) is 0 Å². The Morgan fingerprint density at radius 2 is 1.62 bits per heavy atom. The first-order valence-corrected chi connectivity index (χ1v) is 5.48. The summed E-state index contributed by atoms with van der Waals surface area (Å²) in [7, 11) is 0. The maximum Gasteiger partial charge on any atom is 0.113 e. The lowest BCUT2D eigenvalue weighted by Crippen LogP contribution is -2.11. The molecule has 0 radical (unpaired) electrons. The Hall–Kier alpha value is -2.02. The van der Waals surface area contributed by atoms with Crippen LogP contribution < -0.4 is 5.22 Å². The molecule has 0 N–H and O–H groups in total. The summed E-state index contributed by atoms with van der Waals surface area (Å²) in [6.45, 7) is 0.691. The van der Waals surface area contributed by atoms with Crippen LogP contribution in [-0.2, 0) is 11.3 Å². The molecular weight excluding hydrogens is 196 g/mol. The Labute approximate surface area is 92.9 Å². The number of rotatable bonds is 0. The smallest absolute Gasteiger partial charge is 0.113 e. The normalized spacial score (nSPS) is 13.8. The minimum absolute atomic E-state index is 0.691. The Balaban J connectivity index is 2.45. The van der Waals surface area contributed by atoms with Crippen LogP contribution in [0.25, 0.3) is 27.8 Å². The summed E-state index contributed by atoms with van der Waals surface area (Å²) in [4.78, 5) is 0. The predicted octanol–water partition coefficient (Wildman–Crippen LogP) is 2.98. The van der Waals surface area contributed by atoms with E-state index in [0.29, 0.717) is 6.61 Å². The van der Waals surface area contributed by atoms with E-state index in [2.05, 4.69) is 42.5 Å². The largest absolute Gasteiger partial charge is 0.496 e. The van der Waals surface area contributed by atoms with Gasteiger partial charge in [-0.05, 0) is 27.1 Å². The van der Waals surface area contributed by atoms with E-state index < -0.39 is 0 Å². The van der Waals surface area contributed by atoms with Crippen molar-refractivity contribution >= 4 is 27.8 Å².